The van der Waals surface area contributed by atoms with Crippen molar-refractivity contribution >= 4 is 28.8 Å². The minimum atomic E-state index is -0.406. The zero-order chi connectivity index (χ0) is 18.8. The van der Waals surface area contributed by atoms with E-state index in [0.717, 1.165) is 12.8 Å². The Morgan fingerprint density at radius 2 is 1.81 bits per heavy atom. The summed E-state index contributed by atoms with van der Waals surface area (Å²) in [6, 6.07) is 10.1. The van der Waals surface area contributed by atoms with Gasteiger partial charge in [-0.3, -0.25) is 14.4 Å². The Hall–Kier alpha value is -2.77. The fourth-order valence-corrected chi connectivity index (χ4v) is 3.89. The molecule has 138 valence electrons. The Morgan fingerprint density at radius 3 is 2.44 bits per heavy atom. The van der Waals surface area contributed by atoms with E-state index in [9.17, 15) is 14.4 Å². The summed E-state index contributed by atoms with van der Waals surface area (Å²) in [5, 5.41) is 7.48. The van der Waals surface area contributed by atoms with Crippen molar-refractivity contribution in [1.82, 2.24) is 10.6 Å². The van der Waals surface area contributed by atoms with E-state index < -0.39 is 5.91 Å². The maximum atomic E-state index is 13.0. The molecule has 2 N–H and O–H groups in total. The molecule has 2 aliphatic rings. The van der Waals surface area contributed by atoms with Crippen LogP contribution in [0.15, 0.2) is 53.2 Å². The van der Waals surface area contributed by atoms with Gasteiger partial charge in [0.2, 0.25) is 11.6 Å². The number of ether oxygens (including phenoxy) is 1. The summed E-state index contributed by atoms with van der Waals surface area (Å²) in [6.45, 7) is 1.11. The predicted octanol–water partition coefficient (Wildman–Crippen LogP) is 2.54. The smallest absolute Gasteiger partial charge is 0.265 e. The van der Waals surface area contributed by atoms with Crippen LogP contribution in [0.5, 0.6) is 0 Å². The molecule has 0 bridgehead atoms. The van der Waals surface area contributed by atoms with Gasteiger partial charge in [0, 0.05) is 24.3 Å². The van der Waals surface area contributed by atoms with Crippen LogP contribution in [0.1, 0.15) is 43.2 Å². The van der Waals surface area contributed by atoms with Crippen molar-refractivity contribution < 1.29 is 19.1 Å². The van der Waals surface area contributed by atoms with E-state index in [1.807, 2.05) is 0 Å². The summed E-state index contributed by atoms with van der Waals surface area (Å²) in [4.78, 5) is 38.9. The molecule has 1 atom stereocenters. The third-order valence-corrected chi connectivity index (χ3v) is 5.50. The number of ketones is 2. The van der Waals surface area contributed by atoms with Gasteiger partial charge in [-0.05, 0) is 24.3 Å². The molecule has 1 amide bonds. The number of carbonyl (C=O) groups excluding carboxylic acids is 3. The quantitative estimate of drug-likeness (QED) is 0.830. The van der Waals surface area contributed by atoms with Crippen LogP contribution in [0.25, 0.3) is 0 Å². The van der Waals surface area contributed by atoms with Crippen molar-refractivity contribution in [3.05, 3.63) is 69.2 Å². The maximum absolute atomic E-state index is 13.0. The highest BCUT2D eigenvalue weighted by Gasteiger charge is 2.33. The average molecular weight is 382 g/mol. The number of Topliss-reactive ketones (excluding diaryl/α,β-unsaturated/α-hetero) is 2. The SMILES string of the molecule is O=C(NC1=C(NC[C@@H]2CCCO2)C(=O)c2ccccc2C1=O)c1cccs1. The standard InChI is InChI=1S/C20H18N2O4S/c23-18-13-6-1-2-7-14(13)19(24)17(22-20(25)15-8-4-10-27-15)16(18)21-11-12-5-3-9-26-12/h1-2,4,6-8,10,12,21H,3,5,9,11H2,(H,22,25)/t12-/m0/s1. The molecule has 1 aromatic heterocycles. The largest absolute Gasteiger partial charge is 0.377 e. The highest BCUT2D eigenvalue weighted by molar-refractivity contribution is 7.12. The molecule has 7 heteroatoms. The molecule has 0 saturated carbocycles. The lowest BCUT2D eigenvalue weighted by atomic mass is 9.90. The van der Waals surface area contributed by atoms with Gasteiger partial charge in [0.05, 0.1) is 11.0 Å². The first-order valence-corrected chi connectivity index (χ1v) is 9.66. The van der Waals surface area contributed by atoms with Crippen molar-refractivity contribution in [2.45, 2.75) is 18.9 Å². The van der Waals surface area contributed by atoms with E-state index in [-0.39, 0.29) is 29.1 Å². The molecule has 1 aliphatic carbocycles. The Bertz CT molecular complexity index is 927. The minimum absolute atomic E-state index is 0.00454. The molecule has 6 nitrogen and oxygen atoms in total. The van der Waals surface area contributed by atoms with E-state index in [2.05, 4.69) is 10.6 Å². The number of fused-ring (bicyclic) bond motifs is 1. The molecule has 1 fully saturated rings. The summed E-state index contributed by atoms with van der Waals surface area (Å²) in [5.74, 6) is -1.08. The average Bonchev–Trinajstić information content (AvgIpc) is 3.39. The molecular weight excluding hydrogens is 364 g/mol. The normalized spacial score (nSPS) is 19.2. The highest BCUT2D eigenvalue weighted by atomic mass is 32.1. The Labute approximate surface area is 160 Å². The summed E-state index contributed by atoms with van der Waals surface area (Å²) in [7, 11) is 0. The lowest BCUT2D eigenvalue weighted by Crippen LogP contribution is -2.40. The first kappa shape index (κ1) is 17.6. The summed E-state index contributed by atoms with van der Waals surface area (Å²) >= 11 is 1.27. The van der Waals surface area contributed by atoms with Crippen molar-refractivity contribution in [2.75, 3.05) is 13.2 Å². The number of nitrogens with one attached hydrogen (secondary N) is 2. The number of benzene rings is 1. The second-order valence-corrected chi connectivity index (χ2v) is 7.35. The van der Waals surface area contributed by atoms with Gasteiger partial charge >= 0.3 is 0 Å². The number of hydrogen-bond acceptors (Lipinski definition) is 6. The van der Waals surface area contributed by atoms with Crippen LogP contribution in [0, 0.1) is 0 Å². The Kier molecular flexibility index (Phi) is 4.87. The molecule has 1 aliphatic heterocycles. The lowest BCUT2D eigenvalue weighted by molar-refractivity contribution is 0.0912. The van der Waals surface area contributed by atoms with Gasteiger partial charge in [-0.1, -0.05) is 30.3 Å². The van der Waals surface area contributed by atoms with Crippen molar-refractivity contribution in [2.24, 2.45) is 0 Å². The number of amides is 1. The van der Waals surface area contributed by atoms with Gasteiger partial charge in [0.15, 0.2) is 0 Å². The molecule has 2 aromatic rings. The molecule has 1 aromatic carbocycles. The lowest BCUT2D eigenvalue weighted by Gasteiger charge is -2.23. The van der Waals surface area contributed by atoms with E-state index in [1.165, 1.54) is 11.3 Å². The highest BCUT2D eigenvalue weighted by Crippen LogP contribution is 2.25. The number of allylic oxidation sites excluding steroid dienone is 2. The summed E-state index contributed by atoms with van der Waals surface area (Å²) in [5.41, 5.74) is 0.757. The fraction of sp³-hybridized carbons (Fsp3) is 0.250. The molecule has 1 saturated heterocycles. The van der Waals surface area contributed by atoms with E-state index in [1.54, 1.807) is 41.8 Å². The second-order valence-electron chi connectivity index (χ2n) is 6.40. The van der Waals surface area contributed by atoms with Gasteiger partial charge in [0.1, 0.15) is 11.4 Å². The van der Waals surface area contributed by atoms with Crippen LogP contribution >= 0.6 is 11.3 Å². The van der Waals surface area contributed by atoms with Gasteiger partial charge in [0.25, 0.3) is 5.91 Å². The Morgan fingerprint density at radius 1 is 1.07 bits per heavy atom. The zero-order valence-electron chi connectivity index (χ0n) is 14.5. The molecule has 4 rings (SSSR count). The number of carbonyl (C=O) groups is 3. The Balaban J connectivity index is 1.67. The van der Waals surface area contributed by atoms with Gasteiger partial charge < -0.3 is 15.4 Å². The molecular formula is C20H18N2O4S. The number of thiophene rings is 1. The van der Waals surface area contributed by atoms with Crippen molar-refractivity contribution in [1.29, 1.82) is 0 Å². The van der Waals surface area contributed by atoms with E-state index in [4.69, 9.17) is 4.74 Å². The van der Waals surface area contributed by atoms with Gasteiger partial charge in [-0.2, -0.15) is 0 Å². The van der Waals surface area contributed by atoms with Crippen molar-refractivity contribution in [3.8, 4) is 0 Å². The van der Waals surface area contributed by atoms with E-state index in [0.29, 0.717) is 29.2 Å². The van der Waals surface area contributed by atoms with Crippen molar-refractivity contribution in [3.63, 3.8) is 0 Å². The van der Waals surface area contributed by atoms with Crippen LogP contribution in [0.4, 0.5) is 0 Å². The van der Waals surface area contributed by atoms with Crippen LogP contribution in [0.3, 0.4) is 0 Å². The fourth-order valence-electron chi connectivity index (χ4n) is 3.27. The van der Waals surface area contributed by atoms with Gasteiger partial charge in [-0.15, -0.1) is 11.3 Å². The minimum Gasteiger partial charge on any atom is -0.377 e. The molecule has 2 heterocycles. The predicted molar refractivity (Wildman–Crippen MR) is 101 cm³/mol. The molecule has 27 heavy (non-hydrogen) atoms. The van der Waals surface area contributed by atoms with Crippen LogP contribution < -0.4 is 10.6 Å². The zero-order valence-corrected chi connectivity index (χ0v) is 15.3. The summed E-state index contributed by atoms with van der Waals surface area (Å²) < 4.78 is 5.58. The molecule has 0 radical (unpaired) electrons. The maximum Gasteiger partial charge on any atom is 0.265 e. The summed E-state index contributed by atoms with van der Waals surface area (Å²) in [6.07, 6.45) is 1.87. The molecule has 0 spiro atoms. The first-order chi connectivity index (χ1) is 13.1. The van der Waals surface area contributed by atoms with E-state index >= 15 is 0 Å². The molecule has 0 unspecified atom stereocenters. The third-order valence-electron chi connectivity index (χ3n) is 4.63. The number of rotatable bonds is 5. The topological polar surface area (TPSA) is 84.5 Å². The van der Waals surface area contributed by atoms with Crippen LogP contribution in [-0.4, -0.2) is 36.7 Å². The van der Waals surface area contributed by atoms with Gasteiger partial charge in [-0.25, -0.2) is 0 Å². The second kappa shape index (κ2) is 7.46. The van der Waals surface area contributed by atoms with Crippen LogP contribution in [0.2, 0.25) is 0 Å². The first-order valence-electron chi connectivity index (χ1n) is 8.78. The number of hydrogen-bond donors (Lipinski definition) is 2. The third kappa shape index (κ3) is 3.43. The van der Waals surface area contributed by atoms with Crippen LogP contribution in [-0.2, 0) is 4.74 Å². The monoisotopic (exact) mass is 382 g/mol.